The van der Waals surface area contributed by atoms with Crippen molar-refractivity contribution >= 4 is 27.5 Å². The second-order valence-corrected chi connectivity index (χ2v) is 5.00. The van der Waals surface area contributed by atoms with Gasteiger partial charge in [0.05, 0.1) is 5.56 Å². The molecule has 0 saturated carbocycles. The number of hydrogen-bond donors (Lipinski definition) is 0. The number of amides is 1. The van der Waals surface area contributed by atoms with Gasteiger partial charge in [-0.2, -0.15) is 0 Å². The highest BCUT2D eigenvalue weighted by molar-refractivity contribution is 9.10. The summed E-state index contributed by atoms with van der Waals surface area (Å²) in [6, 6.07) is 9.54. The highest BCUT2D eigenvalue weighted by Gasteiger charge is 2.19. The third-order valence-electron chi connectivity index (χ3n) is 2.86. The second kappa shape index (κ2) is 6.13. The summed E-state index contributed by atoms with van der Waals surface area (Å²) in [5.74, 6) is -1.19. The molecule has 0 fully saturated rings. The van der Waals surface area contributed by atoms with Crippen molar-refractivity contribution in [2.45, 2.75) is 6.92 Å². The number of nitrogens with zero attached hydrogens (tertiary/aromatic N) is 1. The van der Waals surface area contributed by atoms with E-state index >= 15 is 0 Å². The van der Waals surface area contributed by atoms with E-state index in [4.69, 9.17) is 0 Å². The molecule has 0 aliphatic carbocycles. The summed E-state index contributed by atoms with van der Waals surface area (Å²) in [7, 11) is 0. The molecule has 0 aliphatic heterocycles. The Hall–Kier alpha value is -1.75. The molecule has 0 bridgehead atoms. The maximum Gasteiger partial charge on any atom is 0.259 e. The van der Waals surface area contributed by atoms with Gasteiger partial charge in [0.1, 0.15) is 11.6 Å². The molecule has 0 spiro atoms. The average Bonchev–Trinajstić information content (AvgIpc) is 2.44. The summed E-state index contributed by atoms with van der Waals surface area (Å²) in [6.07, 6.45) is 0. The Bertz CT molecular complexity index is 628. The number of anilines is 1. The monoisotopic (exact) mass is 339 g/mol. The third kappa shape index (κ3) is 3.04. The van der Waals surface area contributed by atoms with Gasteiger partial charge in [-0.3, -0.25) is 4.79 Å². The number of benzene rings is 2. The van der Waals surface area contributed by atoms with Crippen LogP contribution in [-0.2, 0) is 0 Å². The van der Waals surface area contributed by atoms with Gasteiger partial charge in [0.25, 0.3) is 5.91 Å². The Morgan fingerprint density at radius 2 is 1.70 bits per heavy atom. The first-order chi connectivity index (χ1) is 9.52. The normalized spacial score (nSPS) is 10.4. The van der Waals surface area contributed by atoms with Crippen LogP contribution in [0.5, 0.6) is 0 Å². The topological polar surface area (TPSA) is 20.3 Å². The van der Waals surface area contributed by atoms with Gasteiger partial charge in [-0.25, -0.2) is 8.78 Å². The molecule has 0 heterocycles. The molecule has 104 valence electrons. The minimum absolute atomic E-state index is 0.233. The van der Waals surface area contributed by atoms with Crippen LogP contribution in [0.1, 0.15) is 17.3 Å². The van der Waals surface area contributed by atoms with Crippen LogP contribution in [0.3, 0.4) is 0 Å². The highest BCUT2D eigenvalue weighted by Crippen LogP contribution is 2.23. The molecule has 0 aromatic heterocycles. The molecule has 0 atom stereocenters. The number of carbonyl (C=O) groups excluding carboxylic acids is 1. The van der Waals surface area contributed by atoms with Gasteiger partial charge in [0.2, 0.25) is 0 Å². The lowest BCUT2D eigenvalue weighted by Crippen LogP contribution is -2.31. The zero-order chi connectivity index (χ0) is 14.7. The lowest BCUT2D eigenvalue weighted by Gasteiger charge is -2.21. The lowest BCUT2D eigenvalue weighted by molar-refractivity contribution is 0.0987. The van der Waals surface area contributed by atoms with Crippen molar-refractivity contribution < 1.29 is 13.6 Å². The standard InChI is InChI=1S/C15H12BrF2NO/c1-2-19(12-6-3-10(17)4-7-12)15(20)13-9-11(18)5-8-14(13)16/h3-9H,2H2,1H3. The molecule has 2 aromatic rings. The van der Waals surface area contributed by atoms with Crippen LogP contribution in [-0.4, -0.2) is 12.5 Å². The van der Waals surface area contributed by atoms with Crippen molar-refractivity contribution in [1.82, 2.24) is 0 Å². The van der Waals surface area contributed by atoms with Gasteiger partial charge < -0.3 is 4.90 Å². The lowest BCUT2D eigenvalue weighted by atomic mass is 10.1. The van der Waals surface area contributed by atoms with E-state index in [0.717, 1.165) is 0 Å². The Morgan fingerprint density at radius 1 is 1.10 bits per heavy atom. The maximum atomic E-state index is 13.3. The summed E-state index contributed by atoms with van der Waals surface area (Å²) in [5, 5.41) is 0. The fourth-order valence-corrected chi connectivity index (χ4v) is 2.29. The van der Waals surface area contributed by atoms with Gasteiger partial charge in [-0.1, -0.05) is 0 Å². The zero-order valence-electron chi connectivity index (χ0n) is 10.7. The zero-order valence-corrected chi connectivity index (χ0v) is 12.3. The first kappa shape index (κ1) is 14.7. The molecule has 0 saturated heterocycles. The number of hydrogen-bond acceptors (Lipinski definition) is 1. The first-order valence-electron chi connectivity index (χ1n) is 6.05. The Labute approximate surface area is 124 Å². The minimum atomic E-state index is -0.480. The van der Waals surface area contributed by atoms with Gasteiger partial charge in [0.15, 0.2) is 0 Å². The quantitative estimate of drug-likeness (QED) is 0.811. The first-order valence-corrected chi connectivity index (χ1v) is 6.84. The molecule has 2 nitrogen and oxygen atoms in total. The second-order valence-electron chi connectivity index (χ2n) is 4.15. The van der Waals surface area contributed by atoms with Crippen LogP contribution in [0.25, 0.3) is 0 Å². The van der Waals surface area contributed by atoms with Gasteiger partial charge >= 0.3 is 0 Å². The van der Waals surface area contributed by atoms with E-state index in [1.165, 1.54) is 47.4 Å². The van der Waals surface area contributed by atoms with Crippen molar-refractivity contribution in [3.63, 3.8) is 0 Å². The smallest absolute Gasteiger partial charge is 0.259 e. The summed E-state index contributed by atoms with van der Waals surface area (Å²) in [5.41, 5.74) is 0.797. The van der Waals surface area contributed by atoms with Crippen LogP contribution < -0.4 is 4.90 Å². The van der Waals surface area contributed by atoms with E-state index in [1.807, 2.05) is 0 Å². The molecule has 0 aliphatic rings. The average molecular weight is 340 g/mol. The fourth-order valence-electron chi connectivity index (χ4n) is 1.87. The Morgan fingerprint density at radius 3 is 2.30 bits per heavy atom. The number of halogens is 3. The van der Waals surface area contributed by atoms with E-state index in [-0.39, 0.29) is 17.3 Å². The van der Waals surface area contributed by atoms with Crippen LogP contribution >= 0.6 is 15.9 Å². The van der Waals surface area contributed by atoms with Crippen molar-refractivity contribution in [2.24, 2.45) is 0 Å². The molecule has 0 N–H and O–H groups in total. The van der Waals surface area contributed by atoms with Crippen molar-refractivity contribution in [3.05, 3.63) is 64.1 Å². The molecular formula is C15H12BrF2NO. The van der Waals surface area contributed by atoms with Gasteiger partial charge in [-0.05, 0) is 65.3 Å². The fraction of sp³-hybridized carbons (Fsp3) is 0.133. The summed E-state index contributed by atoms with van der Waals surface area (Å²) in [6.45, 7) is 2.20. The molecule has 2 rings (SSSR count). The van der Waals surface area contributed by atoms with Gasteiger partial charge in [-0.15, -0.1) is 0 Å². The van der Waals surface area contributed by atoms with Crippen LogP contribution in [0.4, 0.5) is 14.5 Å². The molecule has 20 heavy (non-hydrogen) atoms. The van der Waals surface area contributed by atoms with E-state index in [1.54, 1.807) is 6.92 Å². The molecule has 0 unspecified atom stereocenters. The van der Waals surface area contributed by atoms with Crippen molar-refractivity contribution in [2.75, 3.05) is 11.4 Å². The highest BCUT2D eigenvalue weighted by atomic mass is 79.9. The van der Waals surface area contributed by atoms with E-state index < -0.39 is 5.82 Å². The Kier molecular flexibility index (Phi) is 4.49. The molecular weight excluding hydrogens is 328 g/mol. The largest absolute Gasteiger partial charge is 0.309 e. The predicted octanol–water partition coefficient (Wildman–Crippen LogP) is 4.39. The number of rotatable bonds is 3. The van der Waals surface area contributed by atoms with E-state index in [0.29, 0.717) is 16.7 Å². The molecule has 1 amide bonds. The number of carbonyl (C=O) groups is 1. The third-order valence-corrected chi connectivity index (χ3v) is 3.55. The van der Waals surface area contributed by atoms with Gasteiger partial charge in [0, 0.05) is 16.7 Å². The van der Waals surface area contributed by atoms with Crippen molar-refractivity contribution in [3.8, 4) is 0 Å². The summed E-state index contributed by atoms with van der Waals surface area (Å²) in [4.78, 5) is 13.9. The minimum Gasteiger partial charge on any atom is -0.309 e. The Balaban J connectivity index is 2.38. The maximum absolute atomic E-state index is 13.3. The molecule has 2 aromatic carbocycles. The molecule has 0 radical (unpaired) electrons. The van der Waals surface area contributed by atoms with Crippen LogP contribution in [0.2, 0.25) is 0 Å². The summed E-state index contributed by atoms with van der Waals surface area (Å²) < 4.78 is 26.7. The van der Waals surface area contributed by atoms with Crippen LogP contribution in [0, 0.1) is 11.6 Å². The summed E-state index contributed by atoms with van der Waals surface area (Å²) >= 11 is 3.24. The van der Waals surface area contributed by atoms with Crippen LogP contribution in [0.15, 0.2) is 46.9 Å². The predicted molar refractivity (Wildman–Crippen MR) is 77.9 cm³/mol. The van der Waals surface area contributed by atoms with E-state index in [2.05, 4.69) is 15.9 Å². The van der Waals surface area contributed by atoms with E-state index in [9.17, 15) is 13.6 Å². The molecule has 5 heteroatoms. The van der Waals surface area contributed by atoms with Crippen molar-refractivity contribution in [1.29, 1.82) is 0 Å². The SMILES string of the molecule is CCN(C(=O)c1cc(F)ccc1Br)c1ccc(F)cc1.